The van der Waals surface area contributed by atoms with Crippen LogP contribution in [0.2, 0.25) is 0 Å². The lowest BCUT2D eigenvalue weighted by atomic mass is 10.2. The van der Waals surface area contributed by atoms with Crippen LogP contribution in [-0.4, -0.2) is 22.6 Å². The molecule has 0 aliphatic rings. The standard InChI is InChI=1S/C13H13FN2O2S/c1-8-16-10(7-19-8)4-5-15-12-3-2-9(13(17)18)6-11(12)14/h2-3,6-7,15H,4-5H2,1H3,(H,17,18). The van der Waals surface area contributed by atoms with Crippen molar-refractivity contribution in [3.05, 3.63) is 45.7 Å². The van der Waals surface area contributed by atoms with Crippen molar-refractivity contribution in [3.8, 4) is 0 Å². The number of hydrogen-bond acceptors (Lipinski definition) is 4. The highest BCUT2D eigenvalue weighted by Gasteiger charge is 2.08. The van der Waals surface area contributed by atoms with Crippen molar-refractivity contribution < 1.29 is 14.3 Å². The number of hydrogen-bond donors (Lipinski definition) is 2. The molecule has 1 heterocycles. The molecule has 0 atom stereocenters. The lowest BCUT2D eigenvalue weighted by Gasteiger charge is -2.07. The highest BCUT2D eigenvalue weighted by atomic mass is 32.1. The lowest BCUT2D eigenvalue weighted by Crippen LogP contribution is -2.07. The summed E-state index contributed by atoms with van der Waals surface area (Å²) in [6, 6.07) is 3.82. The zero-order valence-corrected chi connectivity index (χ0v) is 11.1. The molecule has 0 aliphatic heterocycles. The molecular formula is C13H13FN2O2S. The van der Waals surface area contributed by atoms with Crippen molar-refractivity contribution in [2.45, 2.75) is 13.3 Å². The van der Waals surface area contributed by atoms with E-state index in [0.29, 0.717) is 18.7 Å². The molecule has 19 heavy (non-hydrogen) atoms. The quantitative estimate of drug-likeness (QED) is 0.884. The van der Waals surface area contributed by atoms with Gasteiger partial charge in [-0.2, -0.15) is 0 Å². The highest BCUT2D eigenvalue weighted by Crippen LogP contribution is 2.16. The largest absolute Gasteiger partial charge is 0.478 e. The number of aryl methyl sites for hydroxylation is 1. The zero-order chi connectivity index (χ0) is 13.8. The first-order valence-electron chi connectivity index (χ1n) is 5.74. The van der Waals surface area contributed by atoms with Crippen LogP contribution in [0.3, 0.4) is 0 Å². The Balaban J connectivity index is 1.94. The molecule has 2 rings (SSSR count). The van der Waals surface area contributed by atoms with Crippen LogP contribution in [0.25, 0.3) is 0 Å². The maximum Gasteiger partial charge on any atom is 0.335 e. The molecule has 0 radical (unpaired) electrons. The van der Waals surface area contributed by atoms with Crippen LogP contribution in [0.4, 0.5) is 10.1 Å². The molecule has 4 nitrogen and oxygen atoms in total. The molecule has 0 unspecified atom stereocenters. The fraction of sp³-hybridized carbons (Fsp3) is 0.231. The Kier molecular flexibility index (Phi) is 4.11. The number of carboxylic acids is 1. The number of benzene rings is 1. The van der Waals surface area contributed by atoms with Crippen molar-refractivity contribution in [3.63, 3.8) is 0 Å². The second-order valence-electron chi connectivity index (χ2n) is 4.03. The van der Waals surface area contributed by atoms with Crippen LogP contribution in [0.1, 0.15) is 21.1 Å². The number of carbonyl (C=O) groups is 1. The minimum Gasteiger partial charge on any atom is -0.478 e. The minimum absolute atomic E-state index is 0.0572. The summed E-state index contributed by atoms with van der Waals surface area (Å²) in [5.41, 5.74) is 1.22. The van der Waals surface area contributed by atoms with E-state index in [4.69, 9.17) is 5.11 Å². The number of aromatic nitrogens is 1. The molecule has 0 spiro atoms. The molecule has 2 aromatic rings. The molecule has 1 aromatic heterocycles. The molecule has 6 heteroatoms. The maximum atomic E-state index is 13.6. The van der Waals surface area contributed by atoms with Crippen molar-refractivity contribution in [2.75, 3.05) is 11.9 Å². The van der Waals surface area contributed by atoms with Gasteiger partial charge in [0, 0.05) is 18.3 Å². The van der Waals surface area contributed by atoms with E-state index in [1.54, 1.807) is 11.3 Å². The summed E-state index contributed by atoms with van der Waals surface area (Å²) in [6.07, 6.45) is 0.699. The van der Waals surface area contributed by atoms with Crippen molar-refractivity contribution in [2.24, 2.45) is 0 Å². The Morgan fingerprint density at radius 3 is 2.89 bits per heavy atom. The Morgan fingerprint density at radius 2 is 2.32 bits per heavy atom. The Labute approximate surface area is 113 Å². The number of nitrogens with one attached hydrogen (secondary N) is 1. The summed E-state index contributed by atoms with van der Waals surface area (Å²) >= 11 is 1.58. The average Bonchev–Trinajstić information content (AvgIpc) is 2.77. The Bertz CT molecular complexity index is 598. The van der Waals surface area contributed by atoms with Gasteiger partial charge in [-0.3, -0.25) is 0 Å². The number of thiazole rings is 1. The first kappa shape index (κ1) is 13.5. The van der Waals surface area contributed by atoms with Gasteiger partial charge in [0.1, 0.15) is 5.82 Å². The first-order chi connectivity index (χ1) is 9.06. The highest BCUT2D eigenvalue weighted by molar-refractivity contribution is 7.09. The van der Waals surface area contributed by atoms with Gasteiger partial charge in [0.2, 0.25) is 0 Å². The fourth-order valence-corrected chi connectivity index (χ4v) is 2.29. The Morgan fingerprint density at radius 1 is 1.53 bits per heavy atom. The predicted octanol–water partition coefficient (Wildman–Crippen LogP) is 2.94. The third-order valence-corrected chi connectivity index (χ3v) is 3.40. The first-order valence-corrected chi connectivity index (χ1v) is 6.62. The lowest BCUT2D eigenvalue weighted by molar-refractivity contribution is 0.0696. The van der Waals surface area contributed by atoms with Crippen LogP contribution >= 0.6 is 11.3 Å². The van der Waals surface area contributed by atoms with Gasteiger partial charge in [0.25, 0.3) is 0 Å². The maximum absolute atomic E-state index is 13.6. The molecule has 0 saturated heterocycles. The average molecular weight is 280 g/mol. The molecule has 0 aliphatic carbocycles. The normalized spacial score (nSPS) is 10.4. The number of carboxylic acid groups (broad SMARTS) is 1. The third-order valence-electron chi connectivity index (χ3n) is 2.58. The monoisotopic (exact) mass is 280 g/mol. The van der Waals surface area contributed by atoms with Gasteiger partial charge in [0.15, 0.2) is 0 Å². The molecule has 0 amide bonds. The predicted molar refractivity (Wildman–Crippen MR) is 72.4 cm³/mol. The van der Waals surface area contributed by atoms with Crippen LogP contribution in [0, 0.1) is 12.7 Å². The van der Waals surface area contributed by atoms with Gasteiger partial charge in [-0.1, -0.05) is 0 Å². The SMILES string of the molecule is Cc1nc(CCNc2ccc(C(=O)O)cc2F)cs1. The van der Waals surface area contributed by atoms with Crippen molar-refractivity contribution in [1.82, 2.24) is 4.98 Å². The van der Waals surface area contributed by atoms with Gasteiger partial charge in [-0.05, 0) is 25.1 Å². The van der Waals surface area contributed by atoms with Crippen LogP contribution < -0.4 is 5.32 Å². The summed E-state index contributed by atoms with van der Waals surface area (Å²) in [5.74, 6) is -1.70. The third kappa shape index (κ3) is 3.51. The molecular weight excluding hydrogens is 267 g/mol. The number of rotatable bonds is 5. The molecule has 100 valence electrons. The van der Waals surface area contributed by atoms with Crippen molar-refractivity contribution in [1.29, 1.82) is 0 Å². The Hall–Kier alpha value is -1.95. The second kappa shape index (κ2) is 5.79. The van der Waals surface area contributed by atoms with Crippen molar-refractivity contribution >= 4 is 23.0 Å². The summed E-state index contributed by atoms with van der Waals surface area (Å²) in [6.45, 7) is 2.48. The topological polar surface area (TPSA) is 62.2 Å². The van der Waals surface area contributed by atoms with Gasteiger partial charge in [-0.15, -0.1) is 11.3 Å². The van der Waals surface area contributed by atoms with E-state index in [0.717, 1.165) is 16.8 Å². The summed E-state index contributed by atoms with van der Waals surface area (Å²) in [4.78, 5) is 15.0. The number of nitrogens with zero attached hydrogens (tertiary/aromatic N) is 1. The number of aromatic carboxylic acids is 1. The van der Waals surface area contributed by atoms with E-state index in [-0.39, 0.29) is 5.56 Å². The zero-order valence-electron chi connectivity index (χ0n) is 10.3. The van der Waals surface area contributed by atoms with E-state index < -0.39 is 11.8 Å². The van der Waals surface area contributed by atoms with E-state index in [1.807, 2.05) is 12.3 Å². The molecule has 0 fully saturated rings. The summed E-state index contributed by atoms with van der Waals surface area (Å²) in [7, 11) is 0. The smallest absolute Gasteiger partial charge is 0.335 e. The summed E-state index contributed by atoms with van der Waals surface area (Å²) in [5, 5.41) is 14.6. The van der Waals surface area contributed by atoms with Gasteiger partial charge in [-0.25, -0.2) is 14.2 Å². The van der Waals surface area contributed by atoms with E-state index in [1.165, 1.54) is 12.1 Å². The van der Waals surface area contributed by atoms with E-state index in [9.17, 15) is 9.18 Å². The van der Waals surface area contributed by atoms with E-state index in [2.05, 4.69) is 10.3 Å². The fourth-order valence-electron chi connectivity index (χ4n) is 1.64. The minimum atomic E-state index is -1.14. The molecule has 1 aromatic carbocycles. The van der Waals surface area contributed by atoms with E-state index >= 15 is 0 Å². The molecule has 0 saturated carbocycles. The van der Waals surface area contributed by atoms with Crippen LogP contribution in [0.5, 0.6) is 0 Å². The van der Waals surface area contributed by atoms with Crippen LogP contribution in [0.15, 0.2) is 23.6 Å². The van der Waals surface area contributed by atoms with Crippen LogP contribution in [-0.2, 0) is 6.42 Å². The summed E-state index contributed by atoms with van der Waals surface area (Å²) < 4.78 is 13.6. The number of anilines is 1. The van der Waals surface area contributed by atoms with Gasteiger partial charge < -0.3 is 10.4 Å². The molecule has 2 N–H and O–H groups in total. The second-order valence-corrected chi connectivity index (χ2v) is 5.10. The number of halogens is 1. The van der Waals surface area contributed by atoms with Gasteiger partial charge in [0.05, 0.1) is 22.0 Å². The van der Waals surface area contributed by atoms with Gasteiger partial charge >= 0.3 is 5.97 Å². The molecule has 0 bridgehead atoms.